The topological polar surface area (TPSA) is 93.1 Å². The van der Waals surface area contributed by atoms with E-state index >= 15 is 0 Å². The third-order valence-electron chi connectivity index (χ3n) is 4.57. The number of benzene rings is 1. The lowest BCUT2D eigenvalue weighted by Crippen LogP contribution is -2.48. The number of aliphatic hydroxyl groups is 1. The number of methoxy groups -OCH3 is 1. The number of carbonyl (C=O) groups excluding carboxylic acids is 3. The highest BCUT2D eigenvalue weighted by Crippen LogP contribution is 2.41. The maximum atomic E-state index is 13.1. The molecule has 3 atom stereocenters. The van der Waals surface area contributed by atoms with Crippen LogP contribution in [-0.2, 0) is 30.4 Å². The summed E-state index contributed by atoms with van der Waals surface area (Å²) in [7, 11) is 1.12. The Labute approximate surface area is 146 Å². The molecule has 25 heavy (non-hydrogen) atoms. The van der Waals surface area contributed by atoms with E-state index in [9.17, 15) is 19.5 Å². The van der Waals surface area contributed by atoms with Crippen molar-refractivity contribution in [2.24, 2.45) is 5.41 Å². The van der Waals surface area contributed by atoms with Gasteiger partial charge in [-0.3, -0.25) is 14.4 Å². The Morgan fingerprint density at radius 2 is 1.92 bits per heavy atom. The molecule has 0 radical (unpaired) electrons. The van der Waals surface area contributed by atoms with Crippen LogP contribution in [0.5, 0.6) is 0 Å². The molecular weight excluding hydrogens is 326 g/mol. The summed E-state index contributed by atoms with van der Waals surface area (Å²) in [6.07, 6.45) is -1.93. The molecule has 7 heteroatoms. The number of rotatable bonds is 6. The van der Waals surface area contributed by atoms with Crippen LogP contribution < -0.4 is 0 Å². The smallest absolute Gasteiger partial charge is 0.324 e. The van der Waals surface area contributed by atoms with Gasteiger partial charge < -0.3 is 19.5 Å². The van der Waals surface area contributed by atoms with Crippen molar-refractivity contribution in [1.29, 1.82) is 0 Å². The molecule has 1 aliphatic rings. The van der Waals surface area contributed by atoms with Gasteiger partial charge in [-0.05, 0) is 19.4 Å². The summed E-state index contributed by atoms with van der Waals surface area (Å²) < 4.78 is 9.63. The van der Waals surface area contributed by atoms with E-state index in [1.807, 2.05) is 30.3 Å². The maximum Gasteiger partial charge on any atom is 0.324 e. The molecular formula is C18H23NO6. The normalized spacial score (nSPS) is 25.8. The van der Waals surface area contributed by atoms with E-state index in [0.29, 0.717) is 0 Å². The highest BCUT2D eigenvalue weighted by Gasteiger charge is 2.64. The molecule has 7 nitrogen and oxygen atoms in total. The van der Waals surface area contributed by atoms with Crippen LogP contribution in [0.4, 0.5) is 0 Å². The Balaban J connectivity index is 2.37. The molecule has 2 rings (SSSR count). The van der Waals surface area contributed by atoms with Gasteiger partial charge >= 0.3 is 11.9 Å². The van der Waals surface area contributed by atoms with Crippen LogP contribution in [-0.4, -0.2) is 53.7 Å². The van der Waals surface area contributed by atoms with Gasteiger partial charge in [-0.1, -0.05) is 30.3 Å². The fourth-order valence-corrected chi connectivity index (χ4v) is 3.23. The molecule has 0 unspecified atom stereocenters. The number of carbonyl (C=O) groups is 3. The summed E-state index contributed by atoms with van der Waals surface area (Å²) in [4.78, 5) is 38.8. The second-order valence-electron chi connectivity index (χ2n) is 6.05. The average Bonchev–Trinajstić information content (AvgIpc) is 2.78. The molecule has 0 spiro atoms. The molecule has 136 valence electrons. The van der Waals surface area contributed by atoms with Crippen LogP contribution in [0.25, 0.3) is 0 Å². The van der Waals surface area contributed by atoms with Crippen LogP contribution in [0.1, 0.15) is 25.8 Å². The van der Waals surface area contributed by atoms with Crippen LogP contribution in [0.3, 0.4) is 0 Å². The van der Waals surface area contributed by atoms with Gasteiger partial charge in [0.25, 0.3) is 0 Å². The van der Waals surface area contributed by atoms with E-state index in [0.717, 1.165) is 12.7 Å². The zero-order valence-electron chi connectivity index (χ0n) is 14.6. The van der Waals surface area contributed by atoms with Gasteiger partial charge in [0.2, 0.25) is 5.91 Å². The molecule has 0 bridgehead atoms. The minimum Gasteiger partial charge on any atom is -0.468 e. The van der Waals surface area contributed by atoms with Crippen molar-refractivity contribution in [3.8, 4) is 0 Å². The summed E-state index contributed by atoms with van der Waals surface area (Å²) in [6, 6.07) is 8.56. The third kappa shape index (κ3) is 3.37. The van der Waals surface area contributed by atoms with Crippen LogP contribution in [0.15, 0.2) is 30.3 Å². The summed E-state index contributed by atoms with van der Waals surface area (Å²) in [6.45, 7) is 3.60. The minimum atomic E-state index is -1.98. The number of amides is 1. The van der Waals surface area contributed by atoms with Crippen molar-refractivity contribution >= 4 is 17.8 Å². The lowest BCUT2D eigenvalue weighted by Gasteiger charge is -2.26. The van der Waals surface area contributed by atoms with E-state index < -0.39 is 41.8 Å². The number of esters is 2. The maximum absolute atomic E-state index is 13.1. The SMILES string of the molecule is CCOC(=O)C[C@@]1(C(=O)OC)C(=O)N(Cc2ccccc2)[C@H](C)[C@H]1O. The number of aliphatic hydroxyl groups excluding tert-OH is 1. The molecule has 1 aliphatic heterocycles. The lowest BCUT2D eigenvalue weighted by atomic mass is 9.79. The Morgan fingerprint density at radius 3 is 2.48 bits per heavy atom. The Hall–Kier alpha value is -2.41. The fourth-order valence-electron chi connectivity index (χ4n) is 3.23. The van der Waals surface area contributed by atoms with E-state index in [2.05, 4.69) is 0 Å². The Morgan fingerprint density at radius 1 is 1.28 bits per heavy atom. The van der Waals surface area contributed by atoms with Gasteiger partial charge in [0, 0.05) is 6.54 Å². The summed E-state index contributed by atoms with van der Waals surface area (Å²) in [5, 5.41) is 10.7. The quantitative estimate of drug-likeness (QED) is 0.606. The number of hydrogen-bond donors (Lipinski definition) is 1. The predicted octanol–water partition coefficient (Wildman–Crippen LogP) is 0.891. The Bertz CT molecular complexity index is 646. The zero-order chi connectivity index (χ0) is 18.6. The first-order valence-electron chi connectivity index (χ1n) is 8.15. The second kappa shape index (κ2) is 7.65. The highest BCUT2D eigenvalue weighted by atomic mass is 16.5. The van der Waals surface area contributed by atoms with Crippen molar-refractivity contribution in [2.75, 3.05) is 13.7 Å². The third-order valence-corrected chi connectivity index (χ3v) is 4.57. The van der Waals surface area contributed by atoms with Crippen LogP contribution in [0.2, 0.25) is 0 Å². The standard InChI is InChI=1S/C18H23NO6/c1-4-25-14(20)10-18(17(23)24-3)15(21)12(2)19(16(18)22)11-13-8-6-5-7-9-13/h5-9,12,15,21H,4,10-11H2,1-3H3/t12-,15-,18+/m1/s1. The molecule has 1 fully saturated rings. The molecule has 1 aromatic rings. The predicted molar refractivity (Wildman–Crippen MR) is 88.2 cm³/mol. The number of likely N-dealkylation sites (tertiary alicyclic amines) is 1. The first-order valence-corrected chi connectivity index (χ1v) is 8.15. The van der Waals surface area contributed by atoms with E-state index in [1.165, 1.54) is 4.90 Å². The van der Waals surface area contributed by atoms with Crippen LogP contribution >= 0.6 is 0 Å². The summed E-state index contributed by atoms with van der Waals surface area (Å²) in [5.74, 6) is -2.29. The van der Waals surface area contributed by atoms with Gasteiger partial charge in [0.15, 0.2) is 5.41 Å². The van der Waals surface area contributed by atoms with Gasteiger partial charge in [-0.25, -0.2) is 0 Å². The van der Waals surface area contributed by atoms with Gasteiger partial charge in [0.05, 0.1) is 32.3 Å². The minimum absolute atomic E-state index is 0.115. The molecule has 1 saturated heterocycles. The van der Waals surface area contributed by atoms with Crippen molar-refractivity contribution in [2.45, 2.75) is 39.0 Å². The molecule has 0 saturated carbocycles. The summed E-state index contributed by atoms with van der Waals surface area (Å²) in [5.41, 5.74) is -1.12. The zero-order valence-corrected chi connectivity index (χ0v) is 14.6. The number of hydrogen-bond acceptors (Lipinski definition) is 6. The van der Waals surface area contributed by atoms with Crippen molar-refractivity contribution in [1.82, 2.24) is 4.90 Å². The van der Waals surface area contributed by atoms with Gasteiger partial charge in [-0.15, -0.1) is 0 Å². The van der Waals surface area contributed by atoms with E-state index in [1.54, 1.807) is 13.8 Å². The fraction of sp³-hybridized carbons (Fsp3) is 0.500. The number of ether oxygens (including phenoxy) is 2. The molecule has 1 N–H and O–H groups in total. The molecule has 0 aromatic heterocycles. The van der Waals surface area contributed by atoms with E-state index in [4.69, 9.17) is 9.47 Å². The Kier molecular flexibility index (Phi) is 5.79. The molecule has 0 aliphatic carbocycles. The first kappa shape index (κ1) is 18.9. The van der Waals surface area contributed by atoms with Crippen LogP contribution in [0, 0.1) is 5.41 Å². The van der Waals surface area contributed by atoms with Crippen molar-refractivity contribution < 1.29 is 29.0 Å². The second-order valence-corrected chi connectivity index (χ2v) is 6.05. The van der Waals surface area contributed by atoms with Gasteiger partial charge in [-0.2, -0.15) is 0 Å². The monoisotopic (exact) mass is 349 g/mol. The number of nitrogens with zero attached hydrogens (tertiary/aromatic N) is 1. The largest absolute Gasteiger partial charge is 0.468 e. The van der Waals surface area contributed by atoms with Crippen molar-refractivity contribution in [3.63, 3.8) is 0 Å². The lowest BCUT2D eigenvalue weighted by molar-refractivity contribution is -0.170. The van der Waals surface area contributed by atoms with Gasteiger partial charge in [0.1, 0.15) is 0 Å². The molecule has 1 amide bonds. The highest BCUT2D eigenvalue weighted by molar-refractivity contribution is 6.08. The average molecular weight is 349 g/mol. The summed E-state index contributed by atoms with van der Waals surface area (Å²) >= 11 is 0. The first-order chi connectivity index (χ1) is 11.9. The molecule has 1 heterocycles. The van der Waals surface area contributed by atoms with E-state index in [-0.39, 0.29) is 13.2 Å². The molecule has 1 aromatic carbocycles. The van der Waals surface area contributed by atoms with Crippen molar-refractivity contribution in [3.05, 3.63) is 35.9 Å².